The summed E-state index contributed by atoms with van der Waals surface area (Å²) in [4.78, 5) is 12.9. The molecule has 0 radical (unpaired) electrons. The second kappa shape index (κ2) is 6.54. The van der Waals surface area contributed by atoms with Crippen LogP contribution in [0.4, 0.5) is 0 Å². The minimum Gasteiger partial charge on any atom is -0.467 e. The normalized spacial score (nSPS) is 17.0. The average molecular weight is 420 g/mol. The van der Waals surface area contributed by atoms with Gasteiger partial charge in [-0.3, -0.25) is 4.79 Å². The summed E-state index contributed by atoms with van der Waals surface area (Å²) in [5, 5.41) is 6.51. The molecule has 0 unspecified atom stereocenters. The number of carbonyl (C=O) groups excluding carboxylic acids is 1. The first-order valence-corrected chi connectivity index (χ1v) is 8.75. The third-order valence-electron chi connectivity index (χ3n) is 3.96. The predicted molar refractivity (Wildman–Crippen MR) is 96.6 cm³/mol. The van der Waals surface area contributed by atoms with E-state index in [-0.39, 0.29) is 17.7 Å². The Morgan fingerprint density at radius 3 is 2.72 bits per heavy atom. The molecule has 1 atom stereocenters. The fourth-order valence-electron chi connectivity index (χ4n) is 2.80. The molecule has 0 fully saturated rings. The van der Waals surface area contributed by atoms with Crippen molar-refractivity contribution in [3.8, 4) is 0 Å². The molecule has 126 valence electrons. The molecule has 7 heteroatoms. The zero-order valence-electron chi connectivity index (χ0n) is 12.9. The van der Waals surface area contributed by atoms with E-state index in [0.717, 1.165) is 11.3 Å². The minimum atomic E-state index is -0.349. The van der Waals surface area contributed by atoms with Crippen molar-refractivity contribution in [1.82, 2.24) is 5.01 Å². The minimum absolute atomic E-state index is 0.201. The molecule has 1 amide bonds. The van der Waals surface area contributed by atoms with Gasteiger partial charge in [-0.1, -0.05) is 29.8 Å². The molecule has 0 bridgehead atoms. The smallest absolute Gasteiger partial charge is 0.310 e. The van der Waals surface area contributed by atoms with Crippen LogP contribution < -0.4 is 0 Å². The number of hydrazone groups is 1. The van der Waals surface area contributed by atoms with Gasteiger partial charge in [-0.2, -0.15) is 5.10 Å². The molecule has 1 aromatic carbocycles. The van der Waals surface area contributed by atoms with Crippen LogP contribution in [0.2, 0.25) is 5.02 Å². The van der Waals surface area contributed by atoms with E-state index in [2.05, 4.69) is 21.0 Å². The fourth-order valence-corrected chi connectivity index (χ4v) is 3.35. The number of amides is 1. The Morgan fingerprint density at radius 2 is 2.04 bits per heavy atom. The van der Waals surface area contributed by atoms with Crippen molar-refractivity contribution in [1.29, 1.82) is 0 Å². The summed E-state index contributed by atoms with van der Waals surface area (Å²) in [5.74, 6) is 0.520. The summed E-state index contributed by atoms with van der Waals surface area (Å²) in [6, 6.07) is 14.0. The topological polar surface area (TPSA) is 59.0 Å². The van der Waals surface area contributed by atoms with Gasteiger partial charge in [0.25, 0.3) is 0 Å². The van der Waals surface area contributed by atoms with Gasteiger partial charge in [-0.05, 0) is 46.3 Å². The lowest BCUT2D eigenvalue weighted by atomic mass is 10.0. The molecule has 0 saturated heterocycles. The van der Waals surface area contributed by atoms with Crippen LogP contribution in [0.1, 0.15) is 34.3 Å². The van der Waals surface area contributed by atoms with Gasteiger partial charge in [0.2, 0.25) is 0 Å². The van der Waals surface area contributed by atoms with Crippen molar-refractivity contribution in [2.75, 3.05) is 0 Å². The lowest BCUT2D eigenvalue weighted by Crippen LogP contribution is -2.26. The molecule has 0 saturated carbocycles. The summed E-state index contributed by atoms with van der Waals surface area (Å²) in [7, 11) is 0. The summed E-state index contributed by atoms with van der Waals surface area (Å²) in [5.41, 5.74) is 1.53. The Morgan fingerprint density at radius 1 is 1.20 bits per heavy atom. The van der Waals surface area contributed by atoms with Gasteiger partial charge in [0, 0.05) is 17.0 Å². The Kier molecular flexibility index (Phi) is 4.23. The molecule has 1 aliphatic rings. The number of hydrogen-bond donors (Lipinski definition) is 0. The van der Waals surface area contributed by atoms with Crippen molar-refractivity contribution >= 4 is 39.1 Å². The Bertz CT molecular complexity index is 949. The van der Waals surface area contributed by atoms with Gasteiger partial charge in [0.05, 0.1) is 12.0 Å². The Labute approximate surface area is 157 Å². The number of nitrogens with zero attached hydrogens (tertiary/aromatic N) is 2. The molecule has 0 N–H and O–H groups in total. The van der Waals surface area contributed by atoms with Crippen LogP contribution in [-0.2, 0) is 0 Å². The van der Waals surface area contributed by atoms with Gasteiger partial charge in [-0.25, -0.2) is 5.01 Å². The van der Waals surface area contributed by atoms with Crippen LogP contribution in [0.5, 0.6) is 0 Å². The lowest BCUT2D eigenvalue weighted by molar-refractivity contribution is 0.0659. The highest BCUT2D eigenvalue weighted by molar-refractivity contribution is 9.10. The van der Waals surface area contributed by atoms with Crippen LogP contribution in [0.3, 0.4) is 0 Å². The van der Waals surface area contributed by atoms with Crippen molar-refractivity contribution < 1.29 is 13.6 Å². The standard InChI is InChI=1S/C18H12BrClN2O3/c19-17-8-7-16(25-17)18(23)22-14(15-6-3-9-24-15)10-13(21-22)11-4-1-2-5-12(11)20/h1-9,14H,10H2/t14-/m0/s1. The molecule has 3 heterocycles. The molecule has 3 aromatic rings. The zero-order chi connectivity index (χ0) is 17.4. The number of furan rings is 2. The first-order chi connectivity index (χ1) is 12.1. The molecule has 25 heavy (non-hydrogen) atoms. The molecule has 4 rings (SSSR count). The predicted octanol–water partition coefficient (Wildman–Crippen LogP) is 5.28. The second-order valence-corrected chi connectivity index (χ2v) is 6.70. The molecular weight excluding hydrogens is 408 g/mol. The molecule has 0 aliphatic carbocycles. The van der Waals surface area contributed by atoms with Crippen molar-refractivity contribution in [3.05, 3.63) is 81.6 Å². The van der Waals surface area contributed by atoms with Gasteiger partial charge in [0.1, 0.15) is 11.8 Å². The van der Waals surface area contributed by atoms with Crippen LogP contribution in [0, 0.1) is 0 Å². The highest BCUT2D eigenvalue weighted by Gasteiger charge is 2.36. The van der Waals surface area contributed by atoms with E-state index in [1.54, 1.807) is 30.5 Å². The number of rotatable bonds is 3. The molecule has 2 aromatic heterocycles. The number of carbonyl (C=O) groups is 1. The quantitative estimate of drug-likeness (QED) is 0.580. The Hall–Kier alpha value is -2.31. The number of halogens is 2. The maximum atomic E-state index is 12.9. The monoisotopic (exact) mass is 418 g/mol. The van der Waals surface area contributed by atoms with Gasteiger partial charge < -0.3 is 8.83 Å². The van der Waals surface area contributed by atoms with Crippen molar-refractivity contribution in [3.63, 3.8) is 0 Å². The molecule has 5 nitrogen and oxygen atoms in total. The van der Waals surface area contributed by atoms with E-state index in [0.29, 0.717) is 21.9 Å². The van der Waals surface area contributed by atoms with Gasteiger partial charge in [-0.15, -0.1) is 0 Å². The van der Waals surface area contributed by atoms with E-state index in [1.165, 1.54) is 5.01 Å². The second-order valence-electron chi connectivity index (χ2n) is 5.52. The highest BCUT2D eigenvalue weighted by Crippen LogP contribution is 2.35. The van der Waals surface area contributed by atoms with Crippen LogP contribution in [0.25, 0.3) is 0 Å². The molecule has 1 aliphatic heterocycles. The number of hydrogen-bond acceptors (Lipinski definition) is 4. The van der Waals surface area contributed by atoms with E-state index in [1.807, 2.05) is 24.3 Å². The van der Waals surface area contributed by atoms with Crippen LogP contribution in [0.15, 0.2) is 73.4 Å². The van der Waals surface area contributed by atoms with E-state index >= 15 is 0 Å². The third kappa shape index (κ3) is 3.03. The first kappa shape index (κ1) is 16.2. The number of benzene rings is 1. The first-order valence-electron chi connectivity index (χ1n) is 7.58. The maximum Gasteiger partial charge on any atom is 0.310 e. The summed E-state index contributed by atoms with van der Waals surface area (Å²) in [6.07, 6.45) is 2.08. The lowest BCUT2D eigenvalue weighted by Gasteiger charge is -2.18. The van der Waals surface area contributed by atoms with Crippen molar-refractivity contribution in [2.24, 2.45) is 5.10 Å². The zero-order valence-corrected chi connectivity index (χ0v) is 15.2. The summed E-state index contributed by atoms with van der Waals surface area (Å²) < 4.78 is 11.4. The van der Waals surface area contributed by atoms with Crippen LogP contribution in [-0.4, -0.2) is 16.6 Å². The van der Waals surface area contributed by atoms with E-state index in [4.69, 9.17) is 20.4 Å². The van der Waals surface area contributed by atoms with E-state index in [9.17, 15) is 4.79 Å². The fraction of sp³-hybridized carbons (Fsp3) is 0.111. The van der Waals surface area contributed by atoms with Gasteiger partial charge >= 0.3 is 5.91 Å². The van der Waals surface area contributed by atoms with Gasteiger partial charge in [0.15, 0.2) is 10.4 Å². The van der Waals surface area contributed by atoms with Crippen LogP contribution >= 0.6 is 27.5 Å². The molecular formula is C18H12BrClN2O3. The Balaban J connectivity index is 1.74. The summed E-state index contributed by atoms with van der Waals surface area (Å²) in [6.45, 7) is 0. The SMILES string of the molecule is O=C(c1ccc(Br)o1)N1N=C(c2ccccc2Cl)C[C@H]1c1ccco1. The molecule has 0 spiro atoms. The van der Waals surface area contributed by atoms with E-state index < -0.39 is 0 Å². The maximum absolute atomic E-state index is 12.9. The summed E-state index contributed by atoms with van der Waals surface area (Å²) >= 11 is 9.50. The highest BCUT2D eigenvalue weighted by atomic mass is 79.9. The largest absolute Gasteiger partial charge is 0.467 e. The average Bonchev–Trinajstić information content (AvgIpc) is 3.34. The van der Waals surface area contributed by atoms with Crippen molar-refractivity contribution in [2.45, 2.75) is 12.5 Å². The third-order valence-corrected chi connectivity index (χ3v) is 4.71.